The molecule has 0 saturated carbocycles. The Morgan fingerprint density at radius 2 is 1.54 bits per heavy atom. The highest BCUT2D eigenvalue weighted by Gasteiger charge is 2.25. The molecule has 2 aromatic rings. The van der Waals surface area contributed by atoms with Crippen molar-refractivity contribution in [3.8, 4) is 0 Å². The van der Waals surface area contributed by atoms with E-state index in [2.05, 4.69) is 56.4 Å². The molecule has 4 nitrogen and oxygen atoms in total. The lowest BCUT2D eigenvalue weighted by molar-refractivity contribution is -1.02. The van der Waals surface area contributed by atoms with E-state index >= 15 is 0 Å². The Bertz CT molecular complexity index is 764. The normalized spacial score (nSPS) is 20.0. The molecule has 138 valence electrons. The van der Waals surface area contributed by atoms with Gasteiger partial charge in [-0.25, -0.2) is 0 Å². The molecule has 4 heteroatoms. The first-order valence-electron chi connectivity index (χ1n) is 9.60. The van der Waals surface area contributed by atoms with Gasteiger partial charge in [0.05, 0.1) is 0 Å². The average molecular weight is 354 g/mol. The number of carbonyl (C=O) groups is 1. The fourth-order valence-corrected chi connectivity index (χ4v) is 3.70. The average Bonchev–Trinajstić information content (AvgIpc) is 2.62. The van der Waals surface area contributed by atoms with Crippen molar-refractivity contribution in [3.05, 3.63) is 64.7 Å². The molecule has 0 radical (unpaired) electrons. The fourth-order valence-electron chi connectivity index (χ4n) is 3.70. The lowest BCUT2D eigenvalue weighted by Crippen LogP contribution is -3.28. The molecular formula is C22H31N3O+2. The van der Waals surface area contributed by atoms with Crippen molar-refractivity contribution >= 4 is 11.6 Å². The van der Waals surface area contributed by atoms with E-state index in [0.717, 1.165) is 44.0 Å². The summed E-state index contributed by atoms with van der Waals surface area (Å²) >= 11 is 0. The first kappa shape index (κ1) is 18.6. The Morgan fingerprint density at radius 1 is 0.885 bits per heavy atom. The number of anilines is 1. The van der Waals surface area contributed by atoms with E-state index in [1.165, 1.54) is 21.6 Å². The lowest BCUT2D eigenvalue weighted by Gasteiger charge is -2.29. The summed E-state index contributed by atoms with van der Waals surface area (Å²) in [6, 6.07) is 14.7. The van der Waals surface area contributed by atoms with Gasteiger partial charge in [-0.2, -0.15) is 0 Å². The Morgan fingerprint density at radius 3 is 2.27 bits per heavy atom. The van der Waals surface area contributed by atoms with Crippen LogP contribution in [0.3, 0.4) is 0 Å². The second kappa shape index (κ2) is 8.47. The molecule has 2 aromatic carbocycles. The maximum Gasteiger partial charge on any atom is 0.279 e. The molecular weight excluding hydrogens is 322 g/mol. The Balaban J connectivity index is 1.47. The van der Waals surface area contributed by atoms with E-state index in [0.29, 0.717) is 6.54 Å². The van der Waals surface area contributed by atoms with Crippen LogP contribution in [0.15, 0.2) is 42.5 Å². The SMILES string of the molecule is Cc1ccccc1C[NH+]1CC[NH+](CC(=O)Nc2cccc(C)c2C)CC1. The van der Waals surface area contributed by atoms with Gasteiger partial charge < -0.3 is 15.1 Å². The summed E-state index contributed by atoms with van der Waals surface area (Å²) in [5.74, 6) is 0.121. The van der Waals surface area contributed by atoms with E-state index in [9.17, 15) is 4.79 Å². The number of nitrogens with one attached hydrogen (secondary N) is 3. The number of benzene rings is 2. The van der Waals surface area contributed by atoms with Crippen molar-refractivity contribution in [2.45, 2.75) is 27.3 Å². The van der Waals surface area contributed by atoms with Crippen LogP contribution < -0.4 is 15.1 Å². The van der Waals surface area contributed by atoms with Crippen molar-refractivity contribution < 1.29 is 14.6 Å². The highest BCUT2D eigenvalue weighted by Crippen LogP contribution is 2.17. The zero-order valence-electron chi connectivity index (χ0n) is 16.2. The van der Waals surface area contributed by atoms with E-state index < -0.39 is 0 Å². The van der Waals surface area contributed by atoms with Crippen molar-refractivity contribution in [2.24, 2.45) is 0 Å². The minimum absolute atomic E-state index is 0.121. The molecule has 1 aliphatic heterocycles. The molecule has 0 aliphatic carbocycles. The van der Waals surface area contributed by atoms with Crippen LogP contribution in [0.5, 0.6) is 0 Å². The van der Waals surface area contributed by atoms with Gasteiger partial charge in [-0.1, -0.05) is 36.4 Å². The quantitative estimate of drug-likeness (QED) is 0.721. The van der Waals surface area contributed by atoms with E-state index in [4.69, 9.17) is 0 Å². The van der Waals surface area contributed by atoms with Gasteiger partial charge in [0.25, 0.3) is 5.91 Å². The standard InChI is InChI=1S/C22H29N3O/c1-17-8-6-10-21(19(17)3)23-22(26)16-25-13-11-24(12-14-25)15-20-9-5-4-7-18(20)2/h4-10H,11-16H2,1-3H3,(H,23,26)/p+2. The van der Waals surface area contributed by atoms with Gasteiger partial charge in [0.2, 0.25) is 0 Å². The van der Waals surface area contributed by atoms with Crippen LogP contribution in [0.1, 0.15) is 22.3 Å². The van der Waals surface area contributed by atoms with E-state index in [-0.39, 0.29) is 5.91 Å². The highest BCUT2D eigenvalue weighted by molar-refractivity contribution is 5.92. The predicted molar refractivity (Wildman–Crippen MR) is 106 cm³/mol. The molecule has 1 saturated heterocycles. The molecule has 1 heterocycles. The maximum atomic E-state index is 12.4. The van der Waals surface area contributed by atoms with Gasteiger partial charge in [0, 0.05) is 11.3 Å². The first-order valence-corrected chi connectivity index (χ1v) is 9.60. The number of hydrogen-bond donors (Lipinski definition) is 3. The van der Waals surface area contributed by atoms with Crippen molar-refractivity contribution in [3.63, 3.8) is 0 Å². The Kier molecular flexibility index (Phi) is 6.07. The van der Waals surface area contributed by atoms with Crippen LogP contribution in [-0.2, 0) is 11.3 Å². The van der Waals surface area contributed by atoms with Gasteiger partial charge in [-0.15, -0.1) is 0 Å². The first-order chi connectivity index (χ1) is 12.5. The summed E-state index contributed by atoms with van der Waals surface area (Å²) in [6.45, 7) is 12.3. The number of hydrogen-bond acceptors (Lipinski definition) is 1. The number of aryl methyl sites for hydroxylation is 2. The molecule has 0 aromatic heterocycles. The number of carbonyl (C=O) groups excluding carboxylic acids is 1. The minimum Gasteiger partial charge on any atom is -0.322 e. The molecule has 1 fully saturated rings. The van der Waals surface area contributed by atoms with Crippen molar-refractivity contribution in [1.29, 1.82) is 0 Å². The summed E-state index contributed by atoms with van der Waals surface area (Å²) in [6.07, 6.45) is 0. The molecule has 1 aliphatic rings. The number of amides is 1. The van der Waals surface area contributed by atoms with E-state index in [1.54, 1.807) is 4.90 Å². The van der Waals surface area contributed by atoms with Crippen LogP contribution in [0.25, 0.3) is 0 Å². The monoisotopic (exact) mass is 353 g/mol. The number of piperazine rings is 1. The van der Waals surface area contributed by atoms with Crippen LogP contribution in [0, 0.1) is 20.8 Å². The largest absolute Gasteiger partial charge is 0.322 e. The molecule has 26 heavy (non-hydrogen) atoms. The van der Waals surface area contributed by atoms with Crippen LogP contribution in [-0.4, -0.2) is 38.6 Å². The summed E-state index contributed by atoms with van der Waals surface area (Å²) in [7, 11) is 0. The third-order valence-corrected chi connectivity index (χ3v) is 5.66. The molecule has 0 unspecified atom stereocenters. The molecule has 3 N–H and O–H groups in total. The maximum absolute atomic E-state index is 12.4. The highest BCUT2D eigenvalue weighted by atomic mass is 16.2. The summed E-state index contributed by atoms with van der Waals surface area (Å²) in [5.41, 5.74) is 6.13. The van der Waals surface area contributed by atoms with Gasteiger partial charge in [0.15, 0.2) is 6.54 Å². The van der Waals surface area contributed by atoms with Crippen molar-refractivity contribution in [2.75, 3.05) is 38.0 Å². The zero-order chi connectivity index (χ0) is 18.5. The summed E-state index contributed by atoms with van der Waals surface area (Å²) in [4.78, 5) is 15.4. The summed E-state index contributed by atoms with van der Waals surface area (Å²) in [5, 5.41) is 3.09. The van der Waals surface area contributed by atoms with Gasteiger partial charge in [-0.05, 0) is 43.5 Å². The molecule has 3 rings (SSSR count). The smallest absolute Gasteiger partial charge is 0.279 e. The Labute approximate surface area is 156 Å². The van der Waals surface area contributed by atoms with Gasteiger partial charge in [0.1, 0.15) is 32.7 Å². The third kappa shape index (κ3) is 4.71. The minimum atomic E-state index is 0.121. The topological polar surface area (TPSA) is 38.0 Å². The number of quaternary nitrogens is 2. The van der Waals surface area contributed by atoms with Crippen molar-refractivity contribution in [1.82, 2.24) is 0 Å². The number of rotatable bonds is 5. The molecule has 0 bridgehead atoms. The van der Waals surface area contributed by atoms with Crippen LogP contribution >= 0.6 is 0 Å². The molecule has 1 amide bonds. The van der Waals surface area contributed by atoms with Gasteiger partial charge in [-0.3, -0.25) is 4.79 Å². The van der Waals surface area contributed by atoms with Crippen LogP contribution in [0.2, 0.25) is 0 Å². The third-order valence-electron chi connectivity index (χ3n) is 5.66. The zero-order valence-corrected chi connectivity index (χ0v) is 16.2. The van der Waals surface area contributed by atoms with Crippen LogP contribution in [0.4, 0.5) is 5.69 Å². The lowest BCUT2D eigenvalue weighted by atomic mass is 10.1. The Hall–Kier alpha value is -2.17. The predicted octanol–water partition coefficient (Wildman–Crippen LogP) is 0.534. The second-order valence-corrected chi connectivity index (χ2v) is 7.58. The fraction of sp³-hybridized carbons (Fsp3) is 0.409. The molecule has 0 spiro atoms. The summed E-state index contributed by atoms with van der Waals surface area (Å²) < 4.78 is 0. The second-order valence-electron chi connectivity index (χ2n) is 7.58. The van der Waals surface area contributed by atoms with Gasteiger partial charge >= 0.3 is 0 Å². The molecule has 0 atom stereocenters. The van der Waals surface area contributed by atoms with E-state index in [1.807, 2.05) is 12.1 Å².